The van der Waals surface area contributed by atoms with Gasteiger partial charge in [0, 0.05) is 31.4 Å². The fourth-order valence-electron chi connectivity index (χ4n) is 4.72. The first-order valence-corrected chi connectivity index (χ1v) is 11.8. The quantitative estimate of drug-likeness (QED) is 0.602. The molecule has 6 nitrogen and oxygen atoms in total. The van der Waals surface area contributed by atoms with Crippen LogP contribution in [-0.2, 0) is 24.2 Å². The first-order valence-electron chi connectivity index (χ1n) is 11.8. The van der Waals surface area contributed by atoms with Crippen molar-refractivity contribution in [3.8, 4) is 11.6 Å². The second kappa shape index (κ2) is 9.96. The third-order valence-electron chi connectivity index (χ3n) is 6.57. The average molecular weight is 451 g/mol. The number of aliphatic carboxylic acids is 1. The standard InChI is InChI=1S/C27H34N2O4/c1-17(2)9-23-10-19(11-26(28-23)32-4)16-33-24-7-8-25-18(3)21(6-5-20(25)12-24)13-29-14-22(15-29)27(30)31/h7-8,10-12,17,22H,5-6,9,13-16H2,1-4H3,(H,30,31). The summed E-state index contributed by atoms with van der Waals surface area (Å²) in [6, 6.07) is 10.4. The number of fused-ring (bicyclic) bond motifs is 1. The SMILES string of the molecule is COc1cc(COc2ccc3c(c2)CCC(CN2CC(C(=O)O)C2)=C3C)cc(CC(C)C)n1. The number of hydrogen-bond acceptors (Lipinski definition) is 5. The number of hydrogen-bond donors (Lipinski definition) is 1. The minimum atomic E-state index is -0.681. The third-order valence-corrected chi connectivity index (χ3v) is 6.57. The number of methoxy groups -OCH3 is 1. The summed E-state index contributed by atoms with van der Waals surface area (Å²) in [6.45, 7) is 9.21. The normalized spacial score (nSPS) is 16.5. The molecular formula is C27H34N2O4. The van der Waals surface area contributed by atoms with Crippen LogP contribution in [0.2, 0.25) is 0 Å². The third kappa shape index (κ3) is 5.56. The van der Waals surface area contributed by atoms with E-state index in [-0.39, 0.29) is 5.92 Å². The van der Waals surface area contributed by atoms with Crippen LogP contribution in [0.25, 0.3) is 5.57 Å². The fraction of sp³-hybridized carbons (Fsp3) is 0.481. The summed E-state index contributed by atoms with van der Waals surface area (Å²) in [4.78, 5) is 17.8. The lowest BCUT2D eigenvalue weighted by atomic mass is 9.85. The van der Waals surface area contributed by atoms with Crippen LogP contribution in [0.3, 0.4) is 0 Å². The van der Waals surface area contributed by atoms with Gasteiger partial charge in [0.15, 0.2) is 0 Å². The molecule has 33 heavy (non-hydrogen) atoms. The Morgan fingerprint density at radius 1 is 1.21 bits per heavy atom. The van der Waals surface area contributed by atoms with E-state index in [4.69, 9.17) is 14.6 Å². The van der Waals surface area contributed by atoms with E-state index in [0.717, 1.165) is 42.8 Å². The molecule has 2 aliphatic rings. The fourth-order valence-corrected chi connectivity index (χ4v) is 4.72. The number of allylic oxidation sites excluding steroid dienone is 1. The first-order chi connectivity index (χ1) is 15.8. The van der Waals surface area contributed by atoms with Crippen LogP contribution in [0.15, 0.2) is 35.9 Å². The molecule has 6 heteroatoms. The monoisotopic (exact) mass is 450 g/mol. The Hall–Kier alpha value is -2.86. The highest BCUT2D eigenvalue weighted by Gasteiger charge is 2.33. The maximum absolute atomic E-state index is 11.1. The number of likely N-dealkylation sites (tertiary alicyclic amines) is 1. The van der Waals surface area contributed by atoms with Gasteiger partial charge in [0.25, 0.3) is 0 Å². The van der Waals surface area contributed by atoms with Gasteiger partial charge >= 0.3 is 5.97 Å². The molecule has 1 saturated heterocycles. The number of carboxylic acids is 1. The largest absolute Gasteiger partial charge is 0.489 e. The van der Waals surface area contributed by atoms with E-state index in [2.05, 4.69) is 48.9 Å². The molecule has 1 fully saturated rings. The van der Waals surface area contributed by atoms with Crippen LogP contribution in [0, 0.1) is 11.8 Å². The summed E-state index contributed by atoms with van der Waals surface area (Å²) < 4.78 is 11.5. The molecule has 0 amide bonds. The molecular weight excluding hydrogens is 416 g/mol. The average Bonchev–Trinajstić information content (AvgIpc) is 2.74. The maximum Gasteiger partial charge on any atom is 0.309 e. The molecule has 0 atom stereocenters. The molecule has 0 spiro atoms. The molecule has 4 rings (SSSR count). The molecule has 1 aliphatic heterocycles. The van der Waals surface area contributed by atoms with Crippen molar-refractivity contribution in [2.24, 2.45) is 11.8 Å². The summed E-state index contributed by atoms with van der Waals surface area (Å²) >= 11 is 0. The van der Waals surface area contributed by atoms with E-state index in [1.54, 1.807) is 7.11 Å². The zero-order valence-corrected chi connectivity index (χ0v) is 20.1. The van der Waals surface area contributed by atoms with E-state index < -0.39 is 5.97 Å². The lowest BCUT2D eigenvalue weighted by Gasteiger charge is -2.38. The zero-order valence-electron chi connectivity index (χ0n) is 20.1. The van der Waals surface area contributed by atoms with E-state index >= 15 is 0 Å². The lowest BCUT2D eigenvalue weighted by Crippen LogP contribution is -2.50. The van der Waals surface area contributed by atoms with Gasteiger partial charge in [-0.05, 0) is 72.6 Å². The summed E-state index contributed by atoms with van der Waals surface area (Å²) in [5.41, 5.74) is 7.42. The number of pyridine rings is 1. The molecule has 0 unspecified atom stereocenters. The van der Waals surface area contributed by atoms with Crippen molar-refractivity contribution < 1.29 is 19.4 Å². The van der Waals surface area contributed by atoms with Gasteiger partial charge in [-0.3, -0.25) is 9.69 Å². The number of carbonyl (C=O) groups is 1. The number of nitrogens with zero attached hydrogens (tertiary/aromatic N) is 2. The van der Waals surface area contributed by atoms with Crippen LogP contribution in [0.5, 0.6) is 11.6 Å². The molecule has 0 saturated carbocycles. The summed E-state index contributed by atoms with van der Waals surface area (Å²) in [5.74, 6) is 1.14. The van der Waals surface area contributed by atoms with Crippen molar-refractivity contribution in [3.05, 3.63) is 58.3 Å². The van der Waals surface area contributed by atoms with E-state index in [0.29, 0.717) is 31.5 Å². The summed E-state index contributed by atoms with van der Waals surface area (Å²) in [7, 11) is 1.65. The number of carboxylic acid groups (broad SMARTS) is 1. The second-order valence-electron chi connectivity index (χ2n) is 9.67. The number of rotatable bonds is 9. The second-order valence-corrected chi connectivity index (χ2v) is 9.67. The molecule has 1 aliphatic carbocycles. The van der Waals surface area contributed by atoms with Gasteiger partial charge < -0.3 is 14.6 Å². The highest BCUT2D eigenvalue weighted by atomic mass is 16.5. The van der Waals surface area contributed by atoms with E-state index in [1.165, 1.54) is 22.3 Å². The van der Waals surface area contributed by atoms with Gasteiger partial charge in [-0.25, -0.2) is 4.98 Å². The Morgan fingerprint density at radius 2 is 2.00 bits per heavy atom. The first kappa shape index (κ1) is 23.3. The van der Waals surface area contributed by atoms with Crippen LogP contribution in [0.4, 0.5) is 0 Å². The van der Waals surface area contributed by atoms with Gasteiger partial charge in [0.1, 0.15) is 12.4 Å². The molecule has 2 aromatic rings. The Balaban J connectivity index is 1.41. The van der Waals surface area contributed by atoms with Crippen LogP contribution in [0.1, 0.15) is 49.6 Å². The van der Waals surface area contributed by atoms with Crippen molar-refractivity contribution in [1.82, 2.24) is 9.88 Å². The van der Waals surface area contributed by atoms with Crippen LogP contribution >= 0.6 is 0 Å². The highest BCUT2D eigenvalue weighted by molar-refractivity contribution is 5.73. The Bertz CT molecular complexity index is 1050. The van der Waals surface area contributed by atoms with Gasteiger partial charge in [-0.2, -0.15) is 0 Å². The van der Waals surface area contributed by atoms with E-state index in [9.17, 15) is 4.79 Å². The van der Waals surface area contributed by atoms with Crippen LogP contribution < -0.4 is 9.47 Å². The van der Waals surface area contributed by atoms with Gasteiger partial charge in [-0.1, -0.05) is 25.5 Å². The maximum atomic E-state index is 11.1. The lowest BCUT2D eigenvalue weighted by molar-refractivity contribution is -0.147. The van der Waals surface area contributed by atoms with Crippen molar-refractivity contribution in [2.75, 3.05) is 26.7 Å². The molecule has 0 bridgehead atoms. The predicted molar refractivity (Wildman–Crippen MR) is 129 cm³/mol. The Labute approximate surface area is 196 Å². The predicted octanol–water partition coefficient (Wildman–Crippen LogP) is 4.60. The van der Waals surface area contributed by atoms with Crippen molar-refractivity contribution in [3.63, 3.8) is 0 Å². The summed E-state index contributed by atoms with van der Waals surface area (Å²) in [5, 5.41) is 9.10. The highest BCUT2D eigenvalue weighted by Crippen LogP contribution is 2.34. The van der Waals surface area contributed by atoms with Gasteiger partial charge in [0.05, 0.1) is 13.0 Å². The van der Waals surface area contributed by atoms with Crippen molar-refractivity contribution >= 4 is 11.5 Å². The van der Waals surface area contributed by atoms with Crippen molar-refractivity contribution in [2.45, 2.75) is 46.6 Å². The molecule has 1 aromatic carbocycles. The number of aryl methyl sites for hydroxylation is 1. The topological polar surface area (TPSA) is 71.9 Å². The number of ether oxygens (including phenoxy) is 2. The Kier molecular flexibility index (Phi) is 7.03. The number of benzene rings is 1. The smallest absolute Gasteiger partial charge is 0.309 e. The minimum absolute atomic E-state index is 0.205. The van der Waals surface area contributed by atoms with Gasteiger partial charge in [0.2, 0.25) is 5.88 Å². The molecule has 2 heterocycles. The summed E-state index contributed by atoms with van der Waals surface area (Å²) in [6.07, 6.45) is 2.90. The number of aromatic nitrogens is 1. The molecule has 176 valence electrons. The minimum Gasteiger partial charge on any atom is -0.489 e. The molecule has 1 N–H and O–H groups in total. The van der Waals surface area contributed by atoms with Gasteiger partial charge in [-0.15, -0.1) is 0 Å². The van der Waals surface area contributed by atoms with E-state index in [1.807, 2.05) is 12.1 Å². The molecule has 0 radical (unpaired) electrons. The van der Waals surface area contributed by atoms with Crippen LogP contribution in [-0.4, -0.2) is 47.7 Å². The Morgan fingerprint density at radius 3 is 2.70 bits per heavy atom. The van der Waals surface area contributed by atoms with Crippen molar-refractivity contribution in [1.29, 1.82) is 0 Å². The molecule has 1 aromatic heterocycles. The zero-order chi connectivity index (χ0) is 23.5.